The van der Waals surface area contributed by atoms with Gasteiger partial charge in [-0.3, -0.25) is 9.58 Å². The molecule has 4 heteroatoms. The van der Waals surface area contributed by atoms with Crippen molar-refractivity contribution in [2.75, 3.05) is 19.6 Å². The van der Waals surface area contributed by atoms with Gasteiger partial charge in [-0.05, 0) is 18.4 Å². The third-order valence-electron chi connectivity index (χ3n) is 4.45. The van der Waals surface area contributed by atoms with Crippen LogP contribution in [0.2, 0.25) is 0 Å². The second kappa shape index (κ2) is 6.53. The summed E-state index contributed by atoms with van der Waals surface area (Å²) in [6.07, 6.45) is 2.26. The maximum atomic E-state index is 4.56. The summed E-state index contributed by atoms with van der Waals surface area (Å²) < 4.78 is 2.05. The predicted octanol–water partition coefficient (Wildman–Crippen LogP) is 1.80. The molecular formula is C15H28N4. The van der Waals surface area contributed by atoms with Gasteiger partial charge in [0.25, 0.3) is 0 Å². The molecule has 1 N–H and O–H groups in total. The molecule has 0 aliphatic carbocycles. The monoisotopic (exact) mass is 264 g/mol. The number of rotatable bonds is 5. The van der Waals surface area contributed by atoms with E-state index in [1.807, 2.05) is 0 Å². The largest absolute Gasteiger partial charge is 0.314 e. The number of nitrogens with one attached hydrogen (secondary N) is 1. The molecule has 2 rings (SSSR count). The fourth-order valence-corrected chi connectivity index (χ4v) is 2.90. The average Bonchev–Trinajstić information content (AvgIpc) is 2.79. The number of hydrogen-bond donors (Lipinski definition) is 1. The highest BCUT2D eigenvalue weighted by molar-refractivity contribution is 5.10. The van der Waals surface area contributed by atoms with Gasteiger partial charge in [0, 0.05) is 39.3 Å². The van der Waals surface area contributed by atoms with E-state index < -0.39 is 0 Å². The van der Waals surface area contributed by atoms with Gasteiger partial charge in [-0.2, -0.15) is 5.10 Å². The lowest BCUT2D eigenvalue weighted by Gasteiger charge is -2.39. The Bertz CT molecular complexity index is 399. The van der Waals surface area contributed by atoms with E-state index in [2.05, 4.69) is 53.9 Å². The predicted molar refractivity (Wildman–Crippen MR) is 79.1 cm³/mol. The summed E-state index contributed by atoms with van der Waals surface area (Å²) in [4.78, 5) is 2.63. The topological polar surface area (TPSA) is 33.1 Å². The van der Waals surface area contributed by atoms with Crippen molar-refractivity contribution in [2.45, 2.75) is 46.2 Å². The van der Waals surface area contributed by atoms with Crippen LogP contribution in [0.25, 0.3) is 0 Å². The van der Waals surface area contributed by atoms with Crippen LogP contribution in [0.3, 0.4) is 0 Å². The van der Waals surface area contributed by atoms with Gasteiger partial charge >= 0.3 is 0 Å². The Labute approximate surface area is 117 Å². The molecule has 1 aliphatic rings. The van der Waals surface area contributed by atoms with Crippen LogP contribution >= 0.6 is 0 Å². The Hall–Kier alpha value is -0.870. The third-order valence-corrected chi connectivity index (χ3v) is 4.45. The van der Waals surface area contributed by atoms with Crippen molar-refractivity contribution in [3.05, 3.63) is 17.5 Å². The van der Waals surface area contributed by atoms with E-state index in [-0.39, 0.29) is 0 Å². The molecule has 0 bridgehead atoms. The molecule has 0 spiro atoms. The van der Waals surface area contributed by atoms with E-state index in [4.69, 9.17) is 0 Å². The molecule has 108 valence electrons. The lowest BCUT2D eigenvalue weighted by Crippen LogP contribution is -2.53. The summed E-state index contributed by atoms with van der Waals surface area (Å²) in [6, 6.07) is 2.91. The van der Waals surface area contributed by atoms with Crippen LogP contribution < -0.4 is 5.32 Å². The van der Waals surface area contributed by atoms with Crippen LogP contribution in [0.4, 0.5) is 0 Å². The molecule has 2 heterocycles. The zero-order valence-electron chi connectivity index (χ0n) is 12.8. The molecule has 1 saturated heterocycles. The molecule has 1 aromatic heterocycles. The zero-order chi connectivity index (χ0) is 13.8. The molecule has 19 heavy (non-hydrogen) atoms. The van der Waals surface area contributed by atoms with Crippen LogP contribution in [-0.2, 0) is 20.0 Å². The Morgan fingerprint density at radius 3 is 2.89 bits per heavy atom. The Kier molecular flexibility index (Phi) is 4.99. The highest BCUT2D eigenvalue weighted by atomic mass is 15.3. The van der Waals surface area contributed by atoms with Crippen LogP contribution in [0.15, 0.2) is 6.07 Å². The second-order valence-electron chi connectivity index (χ2n) is 5.73. The minimum Gasteiger partial charge on any atom is -0.314 e. The van der Waals surface area contributed by atoms with Gasteiger partial charge in [0.15, 0.2) is 0 Å². The summed E-state index contributed by atoms with van der Waals surface area (Å²) >= 11 is 0. The number of hydrogen-bond acceptors (Lipinski definition) is 3. The third kappa shape index (κ3) is 3.37. The number of nitrogens with zero attached hydrogens (tertiary/aromatic N) is 3. The smallest absolute Gasteiger partial charge is 0.0625 e. The summed E-state index contributed by atoms with van der Waals surface area (Å²) in [5.74, 6) is 0.742. The maximum Gasteiger partial charge on any atom is 0.0625 e. The molecule has 0 aromatic carbocycles. The van der Waals surface area contributed by atoms with E-state index in [0.29, 0.717) is 6.04 Å². The standard InChI is InChI=1S/C15H28N4/c1-5-12(3)15-10-16-7-8-19(15)11-14-9-13(6-2)17-18(14)4/h9,12,15-16H,5-8,10-11H2,1-4H3. The van der Waals surface area contributed by atoms with Gasteiger partial charge in [0.1, 0.15) is 0 Å². The first-order chi connectivity index (χ1) is 9.15. The number of aryl methyl sites for hydroxylation is 2. The van der Waals surface area contributed by atoms with Gasteiger partial charge < -0.3 is 5.32 Å². The summed E-state index contributed by atoms with van der Waals surface area (Å²) in [5.41, 5.74) is 2.54. The van der Waals surface area contributed by atoms with Crippen LogP contribution in [0.5, 0.6) is 0 Å². The second-order valence-corrected chi connectivity index (χ2v) is 5.73. The minimum absolute atomic E-state index is 0.652. The van der Waals surface area contributed by atoms with E-state index in [9.17, 15) is 0 Å². The van der Waals surface area contributed by atoms with Crippen molar-refractivity contribution in [1.29, 1.82) is 0 Å². The van der Waals surface area contributed by atoms with Crippen LogP contribution in [0.1, 0.15) is 38.6 Å². The van der Waals surface area contributed by atoms with Gasteiger partial charge in [-0.15, -0.1) is 0 Å². The molecule has 4 nitrogen and oxygen atoms in total. The maximum absolute atomic E-state index is 4.56. The SMILES string of the molecule is CCc1cc(CN2CCNCC2C(C)CC)n(C)n1. The molecule has 1 aliphatic heterocycles. The molecule has 0 amide bonds. The quantitative estimate of drug-likeness (QED) is 0.880. The number of aromatic nitrogens is 2. The van der Waals surface area contributed by atoms with E-state index in [1.165, 1.54) is 17.8 Å². The molecule has 0 radical (unpaired) electrons. The van der Waals surface area contributed by atoms with Crippen molar-refractivity contribution in [1.82, 2.24) is 20.0 Å². The first kappa shape index (κ1) is 14.5. The number of piperazine rings is 1. The van der Waals surface area contributed by atoms with Crippen molar-refractivity contribution in [3.63, 3.8) is 0 Å². The highest BCUT2D eigenvalue weighted by Gasteiger charge is 2.26. The summed E-state index contributed by atoms with van der Waals surface area (Å²) in [5, 5.41) is 8.09. The molecule has 1 fully saturated rings. The Morgan fingerprint density at radius 1 is 1.47 bits per heavy atom. The van der Waals surface area contributed by atoms with E-state index in [1.54, 1.807) is 0 Å². The Morgan fingerprint density at radius 2 is 2.26 bits per heavy atom. The normalized spacial score (nSPS) is 22.6. The van der Waals surface area contributed by atoms with Crippen molar-refractivity contribution >= 4 is 0 Å². The summed E-state index contributed by atoms with van der Waals surface area (Å²) in [7, 11) is 2.06. The van der Waals surface area contributed by atoms with Gasteiger partial charge in [0.2, 0.25) is 0 Å². The first-order valence-corrected chi connectivity index (χ1v) is 7.62. The van der Waals surface area contributed by atoms with Gasteiger partial charge in [-0.1, -0.05) is 27.2 Å². The van der Waals surface area contributed by atoms with Gasteiger partial charge in [-0.25, -0.2) is 0 Å². The zero-order valence-corrected chi connectivity index (χ0v) is 12.8. The van der Waals surface area contributed by atoms with Crippen molar-refractivity contribution in [3.8, 4) is 0 Å². The van der Waals surface area contributed by atoms with Crippen molar-refractivity contribution < 1.29 is 0 Å². The molecule has 2 atom stereocenters. The molecule has 0 saturated carbocycles. The fourth-order valence-electron chi connectivity index (χ4n) is 2.90. The molecular weight excluding hydrogens is 236 g/mol. The minimum atomic E-state index is 0.652. The summed E-state index contributed by atoms with van der Waals surface area (Å²) in [6.45, 7) is 11.2. The van der Waals surface area contributed by atoms with E-state index in [0.717, 1.165) is 38.5 Å². The molecule has 2 unspecified atom stereocenters. The first-order valence-electron chi connectivity index (χ1n) is 7.62. The van der Waals surface area contributed by atoms with Crippen LogP contribution in [-0.4, -0.2) is 40.4 Å². The molecule has 1 aromatic rings. The Balaban J connectivity index is 2.08. The fraction of sp³-hybridized carbons (Fsp3) is 0.800. The lowest BCUT2D eigenvalue weighted by molar-refractivity contribution is 0.106. The van der Waals surface area contributed by atoms with Crippen LogP contribution in [0, 0.1) is 5.92 Å². The van der Waals surface area contributed by atoms with Gasteiger partial charge in [0.05, 0.1) is 11.4 Å². The highest BCUT2D eigenvalue weighted by Crippen LogP contribution is 2.19. The van der Waals surface area contributed by atoms with E-state index >= 15 is 0 Å². The average molecular weight is 264 g/mol. The van der Waals surface area contributed by atoms with Crippen molar-refractivity contribution in [2.24, 2.45) is 13.0 Å². The lowest BCUT2D eigenvalue weighted by atomic mass is 9.96.